The predicted molar refractivity (Wildman–Crippen MR) is 123 cm³/mol. The van der Waals surface area contributed by atoms with Gasteiger partial charge >= 0.3 is 6.03 Å². The Bertz CT molecular complexity index is 912. The first kappa shape index (κ1) is 21.4. The van der Waals surface area contributed by atoms with E-state index in [-0.39, 0.29) is 11.9 Å². The molecule has 0 saturated carbocycles. The second-order valence-corrected chi connectivity index (χ2v) is 8.50. The lowest BCUT2D eigenvalue weighted by molar-refractivity contribution is -0.128. The smallest absolute Gasteiger partial charge is 0.319 e. The summed E-state index contributed by atoms with van der Waals surface area (Å²) < 4.78 is 0. The fourth-order valence-electron chi connectivity index (χ4n) is 4.53. The highest BCUT2D eigenvalue weighted by atomic mass is 16.2. The van der Waals surface area contributed by atoms with E-state index in [0.29, 0.717) is 25.6 Å². The lowest BCUT2D eigenvalue weighted by Crippen LogP contribution is -2.46. The molecule has 0 bridgehead atoms. The first-order valence-corrected chi connectivity index (χ1v) is 11.3. The Kier molecular flexibility index (Phi) is 6.87. The molecule has 0 aliphatic carbocycles. The summed E-state index contributed by atoms with van der Waals surface area (Å²) >= 11 is 0. The number of likely N-dealkylation sites (tertiary alicyclic amines) is 1. The lowest BCUT2D eigenvalue weighted by Gasteiger charge is -2.35. The number of anilines is 1. The summed E-state index contributed by atoms with van der Waals surface area (Å²) in [6, 6.07) is 16.5. The standard InChI is InChI=1S/C25H32N4O2/c1-2-23(28-15-13-20-6-3-4-7-21(20)18-28)16-26-25(31)27-22-11-9-19(10-12-22)17-29-14-5-8-24(29)30/h3-4,6-7,9-12,23H,2,5,8,13-18H2,1H3,(H2,26,27,31). The van der Waals surface area contributed by atoms with E-state index in [2.05, 4.69) is 46.7 Å². The van der Waals surface area contributed by atoms with Crippen LogP contribution in [0.1, 0.15) is 42.9 Å². The summed E-state index contributed by atoms with van der Waals surface area (Å²) in [7, 11) is 0. The minimum absolute atomic E-state index is 0.182. The lowest BCUT2D eigenvalue weighted by atomic mass is 9.98. The summed E-state index contributed by atoms with van der Waals surface area (Å²) in [6.45, 7) is 6.25. The molecule has 2 aromatic rings. The molecule has 0 aromatic heterocycles. The molecule has 2 aliphatic rings. The molecule has 0 spiro atoms. The van der Waals surface area contributed by atoms with Gasteiger partial charge in [-0.05, 0) is 48.1 Å². The summed E-state index contributed by atoms with van der Waals surface area (Å²) in [4.78, 5) is 28.6. The highest BCUT2D eigenvalue weighted by Gasteiger charge is 2.23. The molecule has 2 N–H and O–H groups in total. The van der Waals surface area contributed by atoms with Crippen LogP contribution in [0.4, 0.5) is 10.5 Å². The zero-order valence-electron chi connectivity index (χ0n) is 18.3. The van der Waals surface area contributed by atoms with E-state index in [1.165, 1.54) is 11.1 Å². The van der Waals surface area contributed by atoms with Crippen LogP contribution in [0.25, 0.3) is 0 Å². The van der Waals surface area contributed by atoms with Crippen molar-refractivity contribution in [2.24, 2.45) is 0 Å². The molecule has 1 saturated heterocycles. The van der Waals surface area contributed by atoms with Gasteiger partial charge in [0.05, 0.1) is 0 Å². The molecule has 164 valence electrons. The quantitative estimate of drug-likeness (QED) is 0.717. The maximum absolute atomic E-state index is 12.4. The Morgan fingerprint density at radius 3 is 2.52 bits per heavy atom. The maximum atomic E-state index is 12.4. The summed E-state index contributed by atoms with van der Waals surface area (Å²) in [5, 5.41) is 5.96. The number of urea groups is 1. The molecular formula is C25H32N4O2. The third kappa shape index (κ3) is 5.44. The van der Waals surface area contributed by atoms with Crippen molar-refractivity contribution in [3.05, 3.63) is 65.2 Å². The Labute approximate surface area is 184 Å². The number of nitrogens with one attached hydrogen (secondary N) is 2. The monoisotopic (exact) mass is 420 g/mol. The number of nitrogens with zero attached hydrogens (tertiary/aromatic N) is 2. The van der Waals surface area contributed by atoms with Crippen LogP contribution in [0.15, 0.2) is 48.5 Å². The maximum Gasteiger partial charge on any atom is 0.319 e. The van der Waals surface area contributed by atoms with Crippen LogP contribution in [-0.2, 0) is 24.3 Å². The van der Waals surface area contributed by atoms with Crippen molar-refractivity contribution < 1.29 is 9.59 Å². The van der Waals surface area contributed by atoms with Crippen molar-refractivity contribution in [2.45, 2.75) is 51.7 Å². The third-order valence-electron chi connectivity index (χ3n) is 6.40. The zero-order valence-corrected chi connectivity index (χ0v) is 18.3. The molecule has 2 heterocycles. The fraction of sp³-hybridized carbons (Fsp3) is 0.440. The Hall–Kier alpha value is -2.86. The van der Waals surface area contributed by atoms with Gasteiger partial charge in [0.2, 0.25) is 5.91 Å². The number of hydrogen-bond acceptors (Lipinski definition) is 3. The van der Waals surface area contributed by atoms with E-state index in [4.69, 9.17) is 0 Å². The van der Waals surface area contributed by atoms with E-state index in [1.807, 2.05) is 29.2 Å². The van der Waals surface area contributed by atoms with Gasteiger partial charge in [-0.15, -0.1) is 0 Å². The van der Waals surface area contributed by atoms with Crippen LogP contribution in [0.5, 0.6) is 0 Å². The number of amides is 3. The fourth-order valence-corrected chi connectivity index (χ4v) is 4.53. The van der Waals surface area contributed by atoms with Crippen LogP contribution >= 0.6 is 0 Å². The predicted octanol–water partition coefficient (Wildman–Crippen LogP) is 3.77. The van der Waals surface area contributed by atoms with Crippen LogP contribution in [-0.4, -0.2) is 47.4 Å². The molecule has 31 heavy (non-hydrogen) atoms. The van der Waals surface area contributed by atoms with Gasteiger partial charge in [0.1, 0.15) is 0 Å². The van der Waals surface area contributed by atoms with Gasteiger partial charge in [-0.3, -0.25) is 9.69 Å². The number of carbonyl (C=O) groups excluding carboxylic acids is 2. The molecule has 3 amide bonds. The molecule has 4 rings (SSSR count). The minimum atomic E-state index is -0.182. The van der Waals surface area contributed by atoms with E-state index >= 15 is 0 Å². The highest BCUT2D eigenvalue weighted by molar-refractivity contribution is 5.89. The van der Waals surface area contributed by atoms with Gasteiger partial charge in [-0.25, -0.2) is 4.79 Å². The molecular weight excluding hydrogens is 388 g/mol. The largest absolute Gasteiger partial charge is 0.338 e. The number of carbonyl (C=O) groups is 2. The second-order valence-electron chi connectivity index (χ2n) is 8.50. The molecule has 1 fully saturated rings. The van der Waals surface area contributed by atoms with E-state index in [0.717, 1.165) is 50.1 Å². The molecule has 6 nitrogen and oxygen atoms in total. The first-order valence-electron chi connectivity index (χ1n) is 11.3. The Morgan fingerprint density at radius 1 is 1.03 bits per heavy atom. The average Bonchev–Trinajstić information content (AvgIpc) is 3.19. The van der Waals surface area contributed by atoms with Crippen molar-refractivity contribution in [1.82, 2.24) is 15.1 Å². The normalized spacial score (nSPS) is 17.3. The first-order chi connectivity index (χ1) is 15.1. The molecule has 1 unspecified atom stereocenters. The summed E-state index contributed by atoms with van der Waals surface area (Å²) in [5.74, 6) is 0.226. The topological polar surface area (TPSA) is 64.7 Å². The van der Waals surface area contributed by atoms with Crippen molar-refractivity contribution in [3.8, 4) is 0 Å². The van der Waals surface area contributed by atoms with Gasteiger partial charge < -0.3 is 15.5 Å². The Morgan fingerprint density at radius 2 is 1.81 bits per heavy atom. The van der Waals surface area contributed by atoms with Gasteiger partial charge in [-0.2, -0.15) is 0 Å². The Balaban J connectivity index is 1.25. The van der Waals surface area contributed by atoms with E-state index < -0.39 is 0 Å². The average molecular weight is 421 g/mol. The van der Waals surface area contributed by atoms with Crippen LogP contribution in [0.2, 0.25) is 0 Å². The van der Waals surface area contributed by atoms with Crippen molar-refractivity contribution in [3.63, 3.8) is 0 Å². The van der Waals surface area contributed by atoms with Gasteiger partial charge in [0.25, 0.3) is 0 Å². The van der Waals surface area contributed by atoms with Crippen molar-refractivity contribution >= 4 is 17.6 Å². The highest BCUT2D eigenvalue weighted by Crippen LogP contribution is 2.21. The molecule has 1 atom stereocenters. The van der Waals surface area contributed by atoms with Crippen LogP contribution in [0.3, 0.4) is 0 Å². The number of rotatable bonds is 7. The van der Waals surface area contributed by atoms with Crippen LogP contribution < -0.4 is 10.6 Å². The number of fused-ring (bicyclic) bond motifs is 1. The summed E-state index contributed by atoms with van der Waals surface area (Å²) in [6.07, 6.45) is 3.66. The third-order valence-corrected chi connectivity index (χ3v) is 6.40. The van der Waals surface area contributed by atoms with Crippen molar-refractivity contribution in [1.29, 1.82) is 0 Å². The number of hydrogen-bond donors (Lipinski definition) is 2. The minimum Gasteiger partial charge on any atom is -0.338 e. The molecule has 0 radical (unpaired) electrons. The number of benzene rings is 2. The SMILES string of the molecule is CCC(CNC(=O)Nc1ccc(CN2CCCC2=O)cc1)N1CCc2ccccc2C1. The molecule has 2 aliphatic heterocycles. The van der Waals surface area contributed by atoms with Crippen molar-refractivity contribution in [2.75, 3.05) is 25.0 Å². The molecule has 6 heteroatoms. The van der Waals surface area contributed by atoms with Gasteiger partial charge in [0, 0.05) is 50.9 Å². The van der Waals surface area contributed by atoms with Crippen LogP contribution in [0, 0.1) is 0 Å². The van der Waals surface area contributed by atoms with E-state index in [9.17, 15) is 9.59 Å². The van der Waals surface area contributed by atoms with E-state index in [1.54, 1.807) is 0 Å². The summed E-state index contributed by atoms with van der Waals surface area (Å²) in [5.41, 5.74) is 4.68. The van der Waals surface area contributed by atoms with Gasteiger partial charge in [-0.1, -0.05) is 43.3 Å². The second kappa shape index (κ2) is 9.96. The zero-order chi connectivity index (χ0) is 21.6. The molecule has 2 aromatic carbocycles. The van der Waals surface area contributed by atoms with Gasteiger partial charge in [0.15, 0.2) is 0 Å².